The van der Waals surface area contributed by atoms with Crippen LogP contribution >= 0.6 is 0 Å². The smallest absolute Gasteiger partial charge is 0.0499 e. The molecule has 1 fully saturated rings. The Bertz CT molecular complexity index is 344. The molecule has 0 spiro atoms. The third kappa shape index (κ3) is 2.83. The van der Waals surface area contributed by atoms with E-state index in [4.69, 9.17) is 0 Å². The van der Waals surface area contributed by atoms with Crippen molar-refractivity contribution in [3.8, 4) is 0 Å². The maximum absolute atomic E-state index is 9.18. The third-order valence-corrected chi connectivity index (χ3v) is 3.62. The van der Waals surface area contributed by atoms with Crippen LogP contribution in [0.15, 0.2) is 24.3 Å². The predicted molar refractivity (Wildman–Crippen MR) is 66.5 cm³/mol. The zero-order valence-corrected chi connectivity index (χ0v) is 10.00. The van der Waals surface area contributed by atoms with Crippen LogP contribution in [0.5, 0.6) is 0 Å². The van der Waals surface area contributed by atoms with Crippen molar-refractivity contribution in [3.63, 3.8) is 0 Å². The molecule has 1 aliphatic rings. The summed E-state index contributed by atoms with van der Waals surface area (Å²) >= 11 is 0. The van der Waals surface area contributed by atoms with Crippen molar-refractivity contribution in [2.24, 2.45) is 5.41 Å². The third-order valence-electron chi connectivity index (χ3n) is 3.62. The van der Waals surface area contributed by atoms with Crippen LogP contribution in [0.1, 0.15) is 24.0 Å². The van der Waals surface area contributed by atoms with Gasteiger partial charge < -0.3 is 10.4 Å². The zero-order valence-electron chi connectivity index (χ0n) is 10.00. The molecule has 1 aromatic rings. The van der Waals surface area contributed by atoms with Crippen LogP contribution in [0, 0.1) is 12.3 Å². The summed E-state index contributed by atoms with van der Waals surface area (Å²) in [6.07, 6.45) is 3.44. The molecule has 0 aromatic heterocycles. The highest BCUT2D eigenvalue weighted by Gasteiger charge is 2.41. The molecule has 2 rings (SSSR count). The summed E-state index contributed by atoms with van der Waals surface area (Å²) in [7, 11) is 0. The molecule has 1 aliphatic carbocycles. The van der Waals surface area contributed by atoms with E-state index in [1.54, 1.807) is 0 Å². The van der Waals surface area contributed by atoms with Gasteiger partial charge in [0, 0.05) is 18.6 Å². The Kier molecular flexibility index (Phi) is 3.62. The summed E-state index contributed by atoms with van der Waals surface area (Å²) in [6, 6.07) is 8.52. The van der Waals surface area contributed by atoms with Gasteiger partial charge in [0.15, 0.2) is 0 Å². The van der Waals surface area contributed by atoms with Gasteiger partial charge in [-0.3, -0.25) is 0 Å². The fourth-order valence-corrected chi connectivity index (χ4v) is 2.03. The molecule has 0 aliphatic heterocycles. The number of aliphatic hydroxyl groups excluding tert-OH is 1. The van der Waals surface area contributed by atoms with E-state index >= 15 is 0 Å². The average Bonchev–Trinajstić information content (AvgIpc) is 3.07. The van der Waals surface area contributed by atoms with E-state index in [1.165, 1.54) is 24.0 Å². The van der Waals surface area contributed by atoms with Gasteiger partial charge in [0.25, 0.3) is 0 Å². The lowest BCUT2D eigenvalue weighted by atomic mass is 10.1. The minimum absolute atomic E-state index is 0.228. The first kappa shape index (κ1) is 11.6. The molecule has 0 bridgehead atoms. The Hall–Kier alpha value is -0.860. The molecular weight excluding hydrogens is 198 g/mol. The standard InChI is InChI=1S/C14H21NO/c1-12-4-2-3-5-13(12)6-9-15-10-14(11-16)7-8-14/h2-5,15-16H,6-11H2,1H3. The number of benzene rings is 1. The van der Waals surface area contributed by atoms with Crippen LogP contribution < -0.4 is 5.32 Å². The number of rotatable bonds is 6. The Balaban J connectivity index is 1.70. The van der Waals surface area contributed by atoms with Crippen molar-refractivity contribution in [1.29, 1.82) is 0 Å². The summed E-state index contributed by atoms with van der Waals surface area (Å²) in [5.41, 5.74) is 3.02. The lowest BCUT2D eigenvalue weighted by Gasteiger charge is -2.13. The van der Waals surface area contributed by atoms with E-state index in [-0.39, 0.29) is 5.41 Å². The van der Waals surface area contributed by atoms with Crippen LogP contribution in [0.4, 0.5) is 0 Å². The van der Waals surface area contributed by atoms with Crippen LogP contribution in [0.2, 0.25) is 0 Å². The monoisotopic (exact) mass is 219 g/mol. The van der Waals surface area contributed by atoms with Gasteiger partial charge in [0.05, 0.1) is 0 Å². The molecule has 0 saturated heterocycles. The van der Waals surface area contributed by atoms with Crippen LogP contribution in [0.25, 0.3) is 0 Å². The number of hydrogen-bond donors (Lipinski definition) is 2. The second-order valence-corrected chi connectivity index (χ2v) is 5.01. The summed E-state index contributed by atoms with van der Waals surface area (Å²) in [5, 5.41) is 12.6. The Labute approximate surface area is 97.7 Å². The van der Waals surface area contributed by atoms with Gasteiger partial charge in [-0.1, -0.05) is 24.3 Å². The van der Waals surface area contributed by atoms with Gasteiger partial charge in [-0.25, -0.2) is 0 Å². The highest BCUT2D eigenvalue weighted by atomic mass is 16.3. The van der Waals surface area contributed by atoms with Gasteiger partial charge in [0.1, 0.15) is 0 Å². The molecule has 0 heterocycles. The highest BCUT2D eigenvalue weighted by molar-refractivity contribution is 5.25. The van der Waals surface area contributed by atoms with E-state index in [1.807, 2.05) is 0 Å². The topological polar surface area (TPSA) is 32.3 Å². The van der Waals surface area contributed by atoms with Crippen molar-refractivity contribution >= 4 is 0 Å². The van der Waals surface area contributed by atoms with Crippen molar-refractivity contribution in [2.75, 3.05) is 19.7 Å². The molecule has 0 unspecified atom stereocenters. The normalized spacial score (nSPS) is 17.4. The molecule has 2 heteroatoms. The van der Waals surface area contributed by atoms with Gasteiger partial charge in [-0.2, -0.15) is 0 Å². The summed E-state index contributed by atoms with van der Waals surface area (Å²) in [4.78, 5) is 0. The fourth-order valence-electron chi connectivity index (χ4n) is 2.03. The Morgan fingerprint density at radius 2 is 2.06 bits per heavy atom. The quantitative estimate of drug-likeness (QED) is 0.716. The van der Waals surface area contributed by atoms with E-state index in [9.17, 15) is 5.11 Å². The molecule has 2 nitrogen and oxygen atoms in total. The molecule has 88 valence electrons. The van der Waals surface area contributed by atoms with E-state index in [0.29, 0.717) is 6.61 Å². The minimum Gasteiger partial charge on any atom is -0.396 e. The molecular formula is C14H21NO. The first-order valence-electron chi connectivity index (χ1n) is 6.12. The molecule has 1 saturated carbocycles. The number of hydrogen-bond acceptors (Lipinski definition) is 2. The maximum atomic E-state index is 9.18. The molecule has 0 radical (unpaired) electrons. The number of aliphatic hydroxyl groups is 1. The molecule has 0 amide bonds. The highest BCUT2D eigenvalue weighted by Crippen LogP contribution is 2.44. The van der Waals surface area contributed by atoms with Gasteiger partial charge >= 0.3 is 0 Å². The summed E-state index contributed by atoms with van der Waals surface area (Å²) in [5.74, 6) is 0. The number of nitrogens with one attached hydrogen (secondary N) is 1. The second kappa shape index (κ2) is 4.98. The zero-order chi connectivity index (χ0) is 11.4. The van der Waals surface area contributed by atoms with Crippen molar-refractivity contribution in [1.82, 2.24) is 5.32 Å². The maximum Gasteiger partial charge on any atom is 0.0499 e. The molecule has 2 N–H and O–H groups in total. The largest absolute Gasteiger partial charge is 0.396 e. The molecule has 16 heavy (non-hydrogen) atoms. The van der Waals surface area contributed by atoms with Crippen LogP contribution in [0.3, 0.4) is 0 Å². The van der Waals surface area contributed by atoms with Gasteiger partial charge in [-0.05, 0) is 43.9 Å². The molecule has 0 atom stereocenters. The summed E-state index contributed by atoms with van der Waals surface area (Å²) < 4.78 is 0. The first-order chi connectivity index (χ1) is 7.76. The van der Waals surface area contributed by atoms with E-state index < -0.39 is 0 Å². The van der Waals surface area contributed by atoms with Crippen molar-refractivity contribution in [3.05, 3.63) is 35.4 Å². The molecule has 1 aromatic carbocycles. The second-order valence-electron chi connectivity index (χ2n) is 5.01. The van der Waals surface area contributed by atoms with E-state index in [2.05, 4.69) is 36.5 Å². The van der Waals surface area contributed by atoms with Crippen LogP contribution in [-0.2, 0) is 6.42 Å². The van der Waals surface area contributed by atoms with Crippen molar-refractivity contribution in [2.45, 2.75) is 26.2 Å². The number of aryl methyl sites for hydroxylation is 1. The van der Waals surface area contributed by atoms with Gasteiger partial charge in [0.2, 0.25) is 0 Å². The fraction of sp³-hybridized carbons (Fsp3) is 0.571. The average molecular weight is 219 g/mol. The van der Waals surface area contributed by atoms with Crippen LogP contribution in [-0.4, -0.2) is 24.8 Å². The lowest BCUT2D eigenvalue weighted by Crippen LogP contribution is -2.28. The van der Waals surface area contributed by atoms with E-state index in [0.717, 1.165) is 19.5 Å². The summed E-state index contributed by atoms with van der Waals surface area (Å²) in [6.45, 7) is 4.47. The lowest BCUT2D eigenvalue weighted by molar-refractivity contribution is 0.208. The Morgan fingerprint density at radius 3 is 2.69 bits per heavy atom. The predicted octanol–water partition coefficient (Wildman–Crippen LogP) is 1.90. The minimum atomic E-state index is 0.228. The SMILES string of the molecule is Cc1ccccc1CCNCC1(CO)CC1. The van der Waals surface area contributed by atoms with Gasteiger partial charge in [-0.15, -0.1) is 0 Å². The Morgan fingerprint density at radius 1 is 1.31 bits per heavy atom. The first-order valence-corrected chi connectivity index (χ1v) is 6.12. The van der Waals surface area contributed by atoms with Crippen molar-refractivity contribution < 1.29 is 5.11 Å².